The van der Waals surface area contributed by atoms with Gasteiger partial charge < -0.3 is 0 Å². The Morgan fingerprint density at radius 2 is 1.48 bits per heavy atom. The minimum Gasteiger partial charge on any atom is -0.292 e. The lowest BCUT2D eigenvalue weighted by atomic mass is 9.88. The lowest BCUT2D eigenvalue weighted by Crippen LogP contribution is -2.37. The van der Waals surface area contributed by atoms with Crippen LogP contribution in [0.4, 0.5) is 0 Å². The van der Waals surface area contributed by atoms with Crippen LogP contribution < -0.4 is 5.73 Å². The van der Waals surface area contributed by atoms with Crippen LogP contribution in [0.3, 0.4) is 0 Å². The van der Waals surface area contributed by atoms with Crippen LogP contribution >= 0.6 is 0 Å². The first-order chi connectivity index (χ1) is 12.2. The molecular formula is C22H27N2O. The van der Waals surface area contributed by atoms with E-state index in [9.17, 15) is 4.79 Å². The Labute approximate surface area is 150 Å². The Morgan fingerprint density at radius 1 is 0.960 bits per heavy atom. The second-order valence-electron chi connectivity index (χ2n) is 7.02. The first-order valence-electron chi connectivity index (χ1n) is 9.32. The Kier molecular flexibility index (Phi) is 6.24. The topological polar surface area (TPSA) is 44.1 Å². The van der Waals surface area contributed by atoms with E-state index in [1.54, 1.807) is 0 Å². The fraction of sp³-hybridized carbons (Fsp3) is 0.409. The van der Waals surface area contributed by atoms with Gasteiger partial charge in [-0.05, 0) is 55.8 Å². The van der Waals surface area contributed by atoms with E-state index >= 15 is 0 Å². The monoisotopic (exact) mass is 335 g/mol. The van der Waals surface area contributed by atoms with Gasteiger partial charge in [-0.15, -0.1) is 0 Å². The number of hydrogen-bond acceptors (Lipinski definition) is 2. The van der Waals surface area contributed by atoms with Gasteiger partial charge in [0.2, 0.25) is 5.91 Å². The third kappa shape index (κ3) is 4.93. The van der Waals surface area contributed by atoms with Crippen molar-refractivity contribution < 1.29 is 4.79 Å². The second kappa shape index (κ2) is 8.82. The Hall–Kier alpha value is -2.13. The molecule has 0 aliphatic carbocycles. The summed E-state index contributed by atoms with van der Waals surface area (Å²) in [6, 6.07) is 21.9. The zero-order chi connectivity index (χ0) is 17.5. The Balaban J connectivity index is 1.66. The van der Waals surface area contributed by atoms with E-state index in [1.807, 2.05) is 0 Å². The molecular weight excluding hydrogens is 308 g/mol. The largest absolute Gasteiger partial charge is 0.292 e. The molecule has 2 aromatic carbocycles. The molecule has 1 heterocycles. The highest BCUT2D eigenvalue weighted by Gasteiger charge is 2.27. The van der Waals surface area contributed by atoms with Crippen molar-refractivity contribution in [1.82, 2.24) is 10.6 Å². The van der Waals surface area contributed by atoms with E-state index in [-0.39, 0.29) is 0 Å². The Bertz CT molecular complexity index is 609. The molecule has 131 valence electrons. The maximum Gasteiger partial charge on any atom is 0.238 e. The van der Waals surface area contributed by atoms with E-state index < -0.39 is 5.91 Å². The van der Waals surface area contributed by atoms with Gasteiger partial charge in [0.05, 0.1) is 6.04 Å². The maximum atomic E-state index is 10.8. The number of likely N-dealkylation sites (tertiary alicyclic amines) is 1. The van der Waals surface area contributed by atoms with Crippen LogP contribution in [0, 0.1) is 5.92 Å². The van der Waals surface area contributed by atoms with E-state index in [1.165, 1.54) is 24.0 Å². The van der Waals surface area contributed by atoms with Crippen LogP contribution in [0.25, 0.3) is 0 Å². The van der Waals surface area contributed by atoms with Crippen molar-refractivity contribution >= 4 is 5.91 Å². The molecule has 1 amide bonds. The molecule has 1 fully saturated rings. The van der Waals surface area contributed by atoms with Gasteiger partial charge >= 0.3 is 0 Å². The van der Waals surface area contributed by atoms with Gasteiger partial charge in [-0.25, -0.2) is 0 Å². The lowest BCUT2D eigenvalue weighted by Gasteiger charge is -2.38. The highest BCUT2D eigenvalue weighted by atomic mass is 16.1. The third-order valence-corrected chi connectivity index (χ3v) is 5.26. The number of carbonyl (C=O) groups is 1. The summed E-state index contributed by atoms with van der Waals surface area (Å²) in [6.45, 7) is 2.18. The van der Waals surface area contributed by atoms with Gasteiger partial charge in [0, 0.05) is 6.42 Å². The average Bonchev–Trinajstić information content (AvgIpc) is 2.65. The number of hydrogen-bond donors (Lipinski definition) is 0. The summed E-state index contributed by atoms with van der Waals surface area (Å²) in [7, 11) is 0. The van der Waals surface area contributed by atoms with Crippen molar-refractivity contribution in [3.8, 4) is 0 Å². The van der Waals surface area contributed by atoms with Crippen molar-refractivity contribution in [3.63, 3.8) is 0 Å². The zero-order valence-electron chi connectivity index (χ0n) is 14.7. The molecule has 0 unspecified atom stereocenters. The molecule has 1 radical (unpaired) electrons. The van der Waals surface area contributed by atoms with Crippen molar-refractivity contribution in [3.05, 3.63) is 71.8 Å². The standard InChI is InChI=1S/C22H27N2O/c23-21(25)13-7-8-18-14-16-24(17-15-18)22(19-9-3-1-4-10-19)20-11-5-2-6-12-20/h1-6,9-12,18,22-23H,7-8,13-17H2. The highest BCUT2D eigenvalue weighted by Crippen LogP contribution is 2.33. The molecule has 0 saturated carbocycles. The molecule has 2 aromatic rings. The van der Waals surface area contributed by atoms with Crippen molar-refractivity contribution in [2.45, 2.75) is 38.1 Å². The van der Waals surface area contributed by atoms with Gasteiger partial charge in [-0.3, -0.25) is 15.4 Å². The third-order valence-electron chi connectivity index (χ3n) is 5.26. The summed E-state index contributed by atoms with van der Waals surface area (Å²) in [6.07, 6.45) is 4.73. The van der Waals surface area contributed by atoms with Gasteiger partial charge in [0.25, 0.3) is 0 Å². The van der Waals surface area contributed by atoms with Crippen molar-refractivity contribution in [2.24, 2.45) is 5.92 Å². The number of carbonyl (C=O) groups excluding carboxylic acids is 1. The molecule has 0 bridgehead atoms. The fourth-order valence-electron chi connectivity index (χ4n) is 3.94. The van der Waals surface area contributed by atoms with Crippen LogP contribution in [0.2, 0.25) is 0 Å². The van der Waals surface area contributed by atoms with Crippen LogP contribution in [-0.2, 0) is 4.79 Å². The van der Waals surface area contributed by atoms with Gasteiger partial charge in [-0.1, -0.05) is 60.7 Å². The molecule has 1 saturated heterocycles. The van der Waals surface area contributed by atoms with Gasteiger partial charge in [0.15, 0.2) is 0 Å². The first-order valence-corrected chi connectivity index (χ1v) is 9.32. The molecule has 0 aromatic heterocycles. The molecule has 3 nitrogen and oxygen atoms in total. The average molecular weight is 335 g/mol. The molecule has 0 spiro atoms. The minimum absolute atomic E-state index is 0.318. The smallest absolute Gasteiger partial charge is 0.238 e. The van der Waals surface area contributed by atoms with E-state index in [0.717, 1.165) is 25.9 Å². The summed E-state index contributed by atoms with van der Waals surface area (Å²) in [5.41, 5.74) is 9.73. The van der Waals surface area contributed by atoms with E-state index in [0.29, 0.717) is 18.4 Å². The highest BCUT2D eigenvalue weighted by molar-refractivity contribution is 5.72. The van der Waals surface area contributed by atoms with Crippen LogP contribution in [0.1, 0.15) is 49.3 Å². The SMILES string of the molecule is [NH]C(=O)CCCC1CCN(C(c2ccccc2)c2ccccc2)CC1. The summed E-state index contributed by atoms with van der Waals surface area (Å²) < 4.78 is 0. The lowest BCUT2D eigenvalue weighted by molar-refractivity contribution is -0.118. The molecule has 1 N–H and O–H groups in total. The predicted octanol–water partition coefficient (Wildman–Crippen LogP) is 4.47. The number of nitrogens with zero attached hydrogens (tertiary/aromatic N) is 1. The molecule has 3 heteroatoms. The molecule has 1 aliphatic rings. The summed E-state index contributed by atoms with van der Waals surface area (Å²) in [5, 5.41) is 0. The normalized spacial score (nSPS) is 16.2. The second-order valence-corrected chi connectivity index (χ2v) is 7.02. The predicted molar refractivity (Wildman–Crippen MR) is 101 cm³/mol. The summed E-state index contributed by atoms with van der Waals surface area (Å²) in [4.78, 5) is 13.4. The number of piperidine rings is 1. The molecule has 3 rings (SSSR count). The number of benzene rings is 2. The van der Waals surface area contributed by atoms with Crippen LogP contribution in [0.5, 0.6) is 0 Å². The Morgan fingerprint density at radius 3 is 1.96 bits per heavy atom. The zero-order valence-corrected chi connectivity index (χ0v) is 14.7. The quantitative estimate of drug-likeness (QED) is 0.749. The number of nitrogens with one attached hydrogen (secondary N) is 1. The van der Waals surface area contributed by atoms with E-state index in [4.69, 9.17) is 5.73 Å². The molecule has 1 aliphatic heterocycles. The van der Waals surface area contributed by atoms with Gasteiger partial charge in [0.1, 0.15) is 0 Å². The molecule has 25 heavy (non-hydrogen) atoms. The number of amides is 1. The van der Waals surface area contributed by atoms with Crippen LogP contribution in [-0.4, -0.2) is 23.9 Å². The number of rotatable bonds is 7. The maximum absolute atomic E-state index is 10.8. The first kappa shape index (κ1) is 17.7. The fourth-order valence-corrected chi connectivity index (χ4v) is 3.94. The van der Waals surface area contributed by atoms with E-state index in [2.05, 4.69) is 65.6 Å². The minimum atomic E-state index is -0.425. The molecule has 0 atom stereocenters. The van der Waals surface area contributed by atoms with Crippen LogP contribution in [0.15, 0.2) is 60.7 Å². The van der Waals surface area contributed by atoms with Gasteiger partial charge in [-0.2, -0.15) is 0 Å². The summed E-state index contributed by atoms with van der Waals surface area (Å²) >= 11 is 0. The van der Waals surface area contributed by atoms with Crippen molar-refractivity contribution in [1.29, 1.82) is 0 Å². The van der Waals surface area contributed by atoms with Crippen molar-refractivity contribution in [2.75, 3.05) is 13.1 Å². The summed E-state index contributed by atoms with van der Waals surface area (Å²) in [5.74, 6) is 0.272.